The summed E-state index contributed by atoms with van der Waals surface area (Å²) in [7, 11) is 0. The molecule has 2 aromatic rings. The fourth-order valence-electron chi connectivity index (χ4n) is 3.29. The lowest BCUT2D eigenvalue weighted by Gasteiger charge is -2.27. The Labute approximate surface area is 195 Å². The van der Waals surface area contributed by atoms with Crippen molar-refractivity contribution in [2.45, 2.75) is 32.9 Å². The van der Waals surface area contributed by atoms with Gasteiger partial charge in [-0.2, -0.15) is 0 Å². The molecule has 0 aromatic heterocycles. The average Bonchev–Trinajstić information content (AvgIpc) is 2.71. The first kappa shape index (κ1) is 23.6. The molecule has 2 aromatic carbocycles. The van der Waals surface area contributed by atoms with Crippen LogP contribution in [0.4, 0.5) is 11.4 Å². The molecule has 0 fully saturated rings. The summed E-state index contributed by atoms with van der Waals surface area (Å²) in [4.78, 5) is 35.9. The van der Waals surface area contributed by atoms with Crippen LogP contribution in [0.1, 0.15) is 31.4 Å². The molecule has 0 saturated carbocycles. The van der Waals surface area contributed by atoms with Gasteiger partial charge in [-0.25, -0.2) is 4.79 Å². The second-order valence-corrected chi connectivity index (χ2v) is 8.62. The number of anilines is 2. The first-order chi connectivity index (χ1) is 15.1. The SMILES string of the molecule is CC(C)C(=O)NCc1ccc(NC(=O)/C=C2\CC(C(=O)O)Nc3cc(Cl)cc(Cl)c32)cc1. The average molecular weight is 476 g/mol. The van der Waals surface area contributed by atoms with Crippen molar-refractivity contribution >= 4 is 57.9 Å². The minimum atomic E-state index is -1.04. The highest BCUT2D eigenvalue weighted by molar-refractivity contribution is 6.36. The van der Waals surface area contributed by atoms with E-state index in [4.69, 9.17) is 23.2 Å². The van der Waals surface area contributed by atoms with Gasteiger partial charge in [-0.1, -0.05) is 49.2 Å². The summed E-state index contributed by atoms with van der Waals surface area (Å²) in [6.45, 7) is 4.05. The van der Waals surface area contributed by atoms with E-state index in [9.17, 15) is 19.5 Å². The van der Waals surface area contributed by atoms with E-state index in [-0.39, 0.29) is 18.2 Å². The van der Waals surface area contributed by atoms with Gasteiger partial charge in [-0.3, -0.25) is 9.59 Å². The van der Waals surface area contributed by atoms with Crippen LogP contribution in [0.5, 0.6) is 0 Å². The third kappa shape index (κ3) is 5.81. The lowest BCUT2D eigenvalue weighted by atomic mass is 9.92. The molecule has 0 radical (unpaired) electrons. The zero-order valence-corrected chi connectivity index (χ0v) is 19.1. The smallest absolute Gasteiger partial charge is 0.326 e. The highest BCUT2D eigenvalue weighted by Gasteiger charge is 2.29. The fraction of sp³-hybridized carbons (Fsp3) is 0.261. The molecule has 0 bridgehead atoms. The van der Waals surface area contributed by atoms with Crippen molar-refractivity contribution in [1.82, 2.24) is 5.32 Å². The molecular formula is C23H23Cl2N3O4. The molecule has 1 aliphatic heterocycles. The molecule has 0 saturated heterocycles. The van der Waals surface area contributed by atoms with Crippen molar-refractivity contribution in [3.05, 3.63) is 63.6 Å². The van der Waals surface area contributed by atoms with Crippen LogP contribution in [0.2, 0.25) is 10.0 Å². The van der Waals surface area contributed by atoms with E-state index in [1.807, 2.05) is 26.0 Å². The number of fused-ring (bicyclic) bond motifs is 1. The Morgan fingerprint density at radius 2 is 1.88 bits per heavy atom. The maximum absolute atomic E-state index is 12.6. The van der Waals surface area contributed by atoms with E-state index in [0.717, 1.165) is 5.56 Å². The Balaban J connectivity index is 1.75. The summed E-state index contributed by atoms with van der Waals surface area (Å²) in [6, 6.07) is 9.31. The van der Waals surface area contributed by atoms with Crippen molar-refractivity contribution in [2.24, 2.45) is 5.92 Å². The number of nitrogens with one attached hydrogen (secondary N) is 3. The maximum atomic E-state index is 12.6. The Hall–Kier alpha value is -3.03. The number of carboxylic acids is 1. The summed E-state index contributed by atoms with van der Waals surface area (Å²) in [6.07, 6.45) is 1.44. The van der Waals surface area contributed by atoms with Crippen LogP contribution in [0.15, 0.2) is 42.5 Å². The molecule has 0 aliphatic carbocycles. The molecule has 7 nitrogen and oxygen atoms in total. The molecule has 168 valence electrons. The number of hydrogen-bond acceptors (Lipinski definition) is 4. The monoisotopic (exact) mass is 475 g/mol. The third-order valence-electron chi connectivity index (χ3n) is 4.95. The van der Waals surface area contributed by atoms with Gasteiger partial charge in [0, 0.05) is 46.9 Å². The third-order valence-corrected chi connectivity index (χ3v) is 5.46. The van der Waals surface area contributed by atoms with Crippen molar-refractivity contribution in [3.63, 3.8) is 0 Å². The molecular weight excluding hydrogens is 453 g/mol. The normalized spacial score (nSPS) is 16.3. The molecule has 1 atom stereocenters. The number of aliphatic carboxylic acids is 1. The van der Waals surface area contributed by atoms with Gasteiger partial charge in [0.05, 0.1) is 5.02 Å². The fourth-order valence-corrected chi connectivity index (χ4v) is 3.91. The van der Waals surface area contributed by atoms with Crippen molar-refractivity contribution in [2.75, 3.05) is 10.6 Å². The Morgan fingerprint density at radius 1 is 1.19 bits per heavy atom. The summed E-state index contributed by atoms with van der Waals surface area (Å²) in [5, 5.41) is 18.6. The molecule has 1 unspecified atom stereocenters. The molecule has 0 spiro atoms. The topological polar surface area (TPSA) is 108 Å². The van der Waals surface area contributed by atoms with Gasteiger partial charge < -0.3 is 21.1 Å². The van der Waals surface area contributed by atoms with Gasteiger partial charge in [0.1, 0.15) is 6.04 Å². The van der Waals surface area contributed by atoms with Gasteiger partial charge in [-0.05, 0) is 35.4 Å². The number of carbonyl (C=O) groups excluding carboxylic acids is 2. The molecule has 1 heterocycles. The van der Waals surface area contributed by atoms with E-state index in [1.165, 1.54) is 6.08 Å². The summed E-state index contributed by atoms with van der Waals surface area (Å²) >= 11 is 12.4. The van der Waals surface area contributed by atoms with E-state index in [1.54, 1.807) is 24.3 Å². The van der Waals surface area contributed by atoms with E-state index in [2.05, 4.69) is 16.0 Å². The second kappa shape index (κ2) is 10.1. The van der Waals surface area contributed by atoms with Gasteiger partial charge >= 0.3 is 5.97 Å². The van der Waals surface area contributed by atoms with Crippen LogP contribution < -0.4 is 16.0 Å². The Kier molecular flexibility index (Phi) is 7.43. The molecule has 2 amide bonds. The number of hydrogen-bond donors (Lipinski definition) is 4. The van der Waals surface area contributed by atoms with Crippen LogP contribution in [0.25, 0.3) is 5.57 Å². The Bertz CT molecular complexity index is 1080. The van der Waals surface area contributed by atoms with Crippen molar-refractivity contribution < 1.29 is 19.5 Å². The first-order valence-corrected chi connectivity index (χ1v) is 10.8. The second-order valence-electron chi connectivity index (χ2n) is 7.78. The van der Waals surface area contributed by atoms with Gasteiger partial charge in [0.25, 0.3) is 0 Å². The predicted molar refractivity (Wildman–Crippen MR) is 126 cm³/mol. The number of benzene rings is 2. The van der Waals surface area contributed by atoms with Gasteiger partial charge in [-0.15, -0.1) is 0 Å². The largest absolute Gasteiger partial charge is 0.480 e. The zero-order valence-electron chi connectivity index (χ0n) is 17.5. The number of halogens is 2. The molecule has 1 aliphatic rings. The Morgan fingerprint density at radius 3 is 2.50 bits per heavy atom. The number of carboxylic acid groups (broad SMARTS) is 1. The quantitative estimate of drug-likeness (QED) is 0.458. The number of rotatable bonds is 6. The number of carbonyl (C=O) groups is 3. The molecule has 4 N–H and O–H groups in total. The van der Waals surface area contributed by atoms with Crippen LogP contribution >= 0.6 is 23.2 Å². The van der Waals surface area contributed by atoms with Crippen LogP contribution in [0, 0.1) is 5.92 Å². The summed E-state index contributed by atoms with van der Waals surface area (Å²) in [5.74, 6) is -1.58. The van der Waals surface area contributed by atoms with E-state index >= 15 is 0 Å². The first-order valence-electron chi connectivity index (χ1n) is 10.0. The highest BCUT2D eigenvalue weighted by Crippen LogP contribution is 2.40. The maximum Gasteiger partial charge on any atom is 0.326 e. The van der Waals surface area contributed by atoms with Gasteiger partial charge in [0.15, 0.2) is 0 Å². The van der Waals surface area contributed by atoms with E-state index in [0.29, 0.717) is 39.1 Å². The lowest BCUT2D eigenvalue weighted by molar-refractivity contribution is -0.137. The zero-order chi connectivity index (χ0) is 23.4. The van der Waals surface area contributed by atoms with Crippen LogP contribution in [-0.2, 0) is 20.9 Å². The molecule has 9 heteroatoms. The molecule has 3 rings (SSSR count). The van der Waals surface area contributed by atoms with Crippen molar-refractivity contribution in [1.29, 1.82) is 0 Å². The number of amides is 2. The molecule has 32 heavy (non-hydrogen) atoms. The highest BCUT2D eigenvalue weighted by atomic mass is 35.5. The summed E-state index contributed by atoms with van der Waals surface area (Å²) < 4.78 is 0. The minimum absolute atomic E-state index is 0.0316. The van der Waals surface area contributed by atoms with Crippen LogP contribution in [-0.4, -0.2) is 28.9 Å². The predicted octanol–water partition coefficient (Wildman–Crippen LogP) is 4.56. The van der Waals surface area contributed by atoms with Crippen molar-refractivity contribution in [3.8, 4) is 0 Å². The standard InChI is InChI=1S/C23H23Cl2N3O4/c1-12(2)22(30)26-11-13-3-5-16(6-4-13)27-20(29)8-14-7-19(23(31)32)28-18-10-15(24)9-17(25)21(14)18/h3-6,8-10,12,19,28H,7,11H2,1-2H3,(H,26,30)(H,27,29)(H,31,32)/b14-8+. The van der Waals surface area contributed by atoms with Crippen LogP contribution in [0.3, 0.4) is 0 Å². The summed E-state index contributed by atoms with van der Waals surface area (Å²) in [5.41, 5.74) is 2.99. The lowest BCUT2D eigenvalue weighted by Crippen LogP contribution is -2.33. The minimum Gasteiger partial charge on any atom is -0.480 e. The van der Waals surface area contributed by atoms with E-state index < -0.39 is 17.9 Å². The van der Waals surface area contributed by atoms with Gasteiger partial charge in [0.2, 0.25) is 11.8 Å².